The summed E-state index contributed by atoms with van der Waals surface area (Å²) >= 11 is 0. The topological polar surface area (TPSA) is 58.2 Å². The fourth-order valence-electron chi connectivity index (χ4n) is 0.813. The maximum absolute atomic E-state index is 10.8. The Morgan fingerprint density at radius 3 is 2.55 bits per heavy atom. The summed E-state index contributed by atoms with van der Waals surface area (Å²) in [5.74, 6) is -0.330. The van der Waals surface area contributed by atoms with Crippen molar-refractivity contribution >= 4 is 11.9 Å². The van der Waals surface area contributed by atoms with Crippen molar-refractivity contribution in [2.75, 3.05) is 0 Å². The van der Waals surface area contributed by atoms with Gasteiger partial charge in [0.2, 0.25) is 0 Å². The van der Waals surface area contributed by atoms with Gasteiger partial charge in [-0.3, -0.25) is 10.1 Å². The number of rotatable bonds is 2. The molecule has 0 radical (unpaired) electrons. The van der Waals surface area contributed by atoms with E-state index in [0.717, 1.165) is 12.8 Å². The molecular formula is C7H10N2O2. The Bertz CT molecular complexity index is 220. The third-order valence-corrected chi connectivity index (χ3v) is 1.36. The molecule has 0 atom stereocenters. The second-order valence-electron chi connectivity index (χ2n) is 2.31. The quantitative estimate of drug-likeness (QED) is 0.449. The first-order valence-electron chi connectivity index (χ1n) is 3.56. The Balaban J connectivity index is 2.59. The summed E-state index contributed by atoms with van der Waals surface area (Å²) in [6.45, 7) is 2.01. The molecule has 1 heterocycles. The maximum Gasteiger partial charge on any atom is 0.326 e. The van der Waals surface area contributed by atoms with Crippen molar-refractivity contribution in [2.24, 2.45) is 0 Å². The van der Waals surface area contributed by atoms with Gasteiger partial charge in [-0.25, -0.2) is 4.79 Å². The van der Waals surface area contributed by atoms with Crippen LogP contribution in [0, 0.1) is 0 Å². The summed E-state index contributed by atoms with van der Waals surface area (Å²) in [6, 6.07) is -0.433. The third kappa shape index (κ3) is 1.80. The number of nitrogens with one attached hydrogen (secondary N) is 2. The van der Waals surface area contributed by atoms with E-state index in [9.17, 15) is 9.59 Å². The van der Waals surface area contributed by atoms with Gasteiger partial charge in [-0.15, -0.1) is 0 Å². The molecule has 60 valence electrons. The third-order valence-electron chi connectivity index (χ3n) is 1.36. The van der Waals surface area contributed by atoms with Crippen molar-refractivity contribution in [3.05, 3.63) is 11.8 Å². The van der Waals surface area contributed by atoms with Crippen LogP contribution in [0.2, 0.25) is 0 Å². The highest BCUT2D eigenvalue weighted by Crippen LogP contribution is 2.00. The molecule has 1 aliphatic rings. The molecule has 0 aromatic carbocycles. The van der Waals surface area contributed by atoms with Gasteiger partial charge in [-0.1, -0.05) is 19.4 Å². The lowest BCUT2D eigenvalue weighted by atomic mass is 10.3. The first-order chi connectivity index (χ1) is 5.24. The molecule has 0 aliphatic carbocycles. The Morgan fingerprint density at radius 2 is 2.09 bits per heavy atom. The van der Waals surface area contributed by atoms with Crippen molar-refractivity contribution in [3.8, 4) is 0 Å². The second kappa shape index (κ2) is 3.18. The Labute approximate surface area is 64.7 Å². The summed E-state index contributed by atoms with van der Waals surface area (Å²) in [5.41, 5.74) is 0.372. The smallest absolute Gasteiger partial charge is 0.303 e. The van der Waals surface area contributed by atoms with Crippen molar-refractivity contribution in [1.82, 2.24) is 10.6 Å². The van der Waals surface area contributed by atoms with Crippen molar-refractivity contribution in [3.63, 3.8) is 0 Å². The molecule has 3 amide bonds. The molecule has 4 nitrogen and oxygen atoms in total. The van der Waals surface area contributed by atoms with Gasteiger partial charge >= 0.3 is 6.03 Å². The number of allylic oxidation sites excluding steroid dienone is 1. The van der Waals surface area contributed by atoms with Gasteiger partial charge in [-0.2, -0.15) is 0 Å². The summed E-state index contributed by atoms with van der Waals surface area (Å²) in [7, 11) is 0. The van der Waals surface area contributed by atoms with E-state index in [-0.39, 0.29) is 5.91 Å². The van der Waals surface area contributed by atoms with Crippen LogP contribution < -0.4 is 10.6 Å². The highest BCUT2D eigenvalue weighted by molar-refractivity contribution is 6.11. The van der Waals surface area contributed by atoms with Crippen LogP contribution in [-0.2, 0) is 4.79 Å². The molecule has 0 aromatic heterocycles. The van der Waals surface area contributed by atoms with Crippen LogP contribution in [0.15, 0.2) is 11.8 Å². The van der Waals surface area contributed by atoms with E-state index in [1.807, 2.05) is 6.92 Å². The number of imide groups is 1. The number of carbonyl (C=O) groups excluding carboxylic acids is 2. The maximum atomic E-state index is 10.8. The van der Waals surface area contributed by atoms with Gasteiger partial charge in [0.05, 0.1) is 0 Å². The van der Waals surface area contributed by atoms with Crippen LogP contribution in [0.4, 0.5) is 4.79 Å². The monoisotopic (exact) mass is 154 g/mol. The summed E-state index contributed by atoms with van der Waals surface area (Å²) in [5, 5.41) is 4.52. The minimum Gasteiger partial charge on any atom is -0.303 e. The highest BCUT2D eigenvalue weighted by Gasteiger charge is 2.21. The fraction of sp³-hybridized carbons (Fsp3) is 0.429. The molecule has 2 N–H and O–H groups in total. The molecule has 0 unspecified atom stereocenters. The number of hydrogen-bond acceptors (Lipinski definition) is 2. The van der Waals surface area contributed by atoms with E-state index < -0.39 is 6.03 Å². The molecule has 1 aliphatic heterocycles. The van der Waals surface area contributed by atoms with E-state index in [1.165, 1.54) is 0 Å². The minimum absolute atomic E-state index is 0.330. The molecule has 0 saturated carbocycles. The van der Waals surface area contributed by atoms with Crippen LogP contribution in [0.3, 0.4) is 0 Å². The molecule has 0 aromatic rings. The highest BCUT2D eigenvalue weighted by atomic mass is 16.2. The number of carbonyl (C=O) groups is 2. The fourth-order valence-corrected chi connectivity index (χ4v) is 0.813. The number of urea groups is 1. The molecule has 1 saturated heterocycles. The van der Waals surface area contributed by atoms with E-state index >= 15 is 0 Å². The SMILES string of the molecule is CCC/C=C1/NC(=O)NC1=O. The molecular weight excluding hydrogens is 144 g/mol. The van der Waals surface area contributed by atoms with E-state index in [1.54, 1.807) is 6.08 Å². The molecule has 0 bridgehead atoms. The van der Waals surface area contributed by atoms with Crippen molar-refractivity contribution in [1.29, 1.82) is 0 Å². The predicted molar refractivity (Wildman–Crippen MR) is 39.7 cm³/mol. The lowest BCUT2D eigenvalue weighted by molar-refractivity contribution is -0.115. The standard InChI is InChI=1S/C7H10N2O2/c1-2-3-4-5-6(10)9-7(11)8-5/h4H,2-3H2,1H3,(H2,8,9,10,11)/b5-4+. The van der Waals surface area contributed by atoms with Crippen LogP contribution in [0.25, 0.3) is 0 Å². The van der Waals surface area contributed by atoms with E-state index in [0.29, 0.717) is 5.70 Å². The van der Waals surface area contributed by atoms with Crippen LogP contribution in [0.5, 0.6) is 0 Å². The van der Waals surface area contributed by atoms with Gasteiger partial charge in [0, 0.05) is 0 Å². The van der Waals surface area contributed by atoms with E-state index in [4.69, 9.17) is 0 Å². The second-order valence-corrected chi connectivity index (χ2v) is 2.31. The Hall–Kier alpha value is -1.32. The van der Waals surface area contributed by atoms with Crippen molar-refractivity contribution < 1.29 is 9.59 Å². The molecule has 0 spiro atoms. The summed E-state index contributed by atoms with van der Waals surface area (Å²) in [6.07, 6.45) is 3.50. The van der Waals surface area contributed by atoms with Gasteiger partial charge < -0.3 is 5.32 Å². The van der Waals surface area contributed by atoms with E-state index in [2.05, 4.69) is 10.6 Å². The first-order valence-corrected chi connectivity index (χ1v) is 3.56. The first kappa shape index (κ1) is 7.78. The largest absolute Gasteiger partial charge is 0.326 e. The van der Waals surface area contributed by atoms with Crippen LogP contribution >= 0.6 is 0 Å². The molecule has 4 heteroatoms. The van der Waals surface area contributed by atoms with Gasteiger partial charge in [0.15, 0.2) is 0 Å². The van der Waals surface area contributed by atoms with Gasteiger partial charge in [-0.05, 0) is 6.42 Å². The zero-order chi connectivity index (χ0) is 8.27. The van der Waals surface area contributed by atoms with Gasteiger partial charge in [0.1, 0.15) is 5.70 Å². The Kier molecular flexibility index (Phi) is 2.25. The number of amides is 3. The zero-order valence-corrected chi connectivity index (χ0v) is 6.31. The number of hydrogen-bond donors (Lipinski definition) is 2. The minimum atomic E-state index is -0.433. The normalized spacial score (nSPS) is 20.3. The predicted octanol–water partition coefficient (Wildman–Crippen LogP) is 0.510. The Morgan fingerprint density at radius 1 is 1.36 bits per heavy atom. The summed E-state index contributed by atoms with van der Waals surface area (Å²) < 4.78 is 0. The molecule has 11 heavy (non-hydrogen) atoms. The van der Waals surface area contributed by atoms with Crippen molar-refractivity contribution in [2.45, 2.75) is 19.8 Å². The zero-order valence-electron chi connectivity index (χ0n) is 6.31. The lowest BCUT2D eigenvalue weighted by Crippen LogP contribution is -2.22. The number of unbranched alkanes of at least 4 members (excludes halogenated alkanes) is 1. The van der Waals surface area contributed by atoms with Crippen LogP contribution in [0.1, 0.15) is 19.8 Å². The summed E-state index contributed by atoms with van der Waals surface area (Å²) in [4.78, 5) is 21.4. The lowest BCUT2D eigenvalue weighted by Gasteiger charge is -1.90. The average molecular weight is 154 g/mol. The molecule has 1 fully saturated rings. The average Bonchev–Trinajstić information content (AvgIpc) is 2.26. The van der Waals surface area contributed by atoms with Crippen LogP contribution in [-0.4, -0.2) is 11.9 Å². The molecule has 1 rings (SSSR count). The van der Waals surface area contributed by atoms with Gasteiger partial charge in [0.25, 0.3) is 5.91 Å².